The number of carbonyl (C=O) groups excluding carboxylic acids is 1. The zero-order valence-electron chi connectivity index (χ0n) is 13.4. The molecule has 7 nitrogen and oxygen atoms in total. The Balaban J connectivity index is 1.73. The van der Waals surface area contributed by atoms with Crippen molar-refractivity contribution in [2.45, 2.75) is 32.5 Å². The first-order valence-electron chi connectivity index (χ1n) is 7.89. The number of fused-ring (bicyclic) bond motifs is 1. The maximum Gasteiger partial charge on any atom is 0.271 e. The second kappa shape index (κ2) is 6.25. The number of ether oxygens (including phenoxy) is 1. The Kier molecular flexibility index (Phi) is 4.32. The predicted molar refractivity (Wildman–Crippen MR) is 85.6 cm³/mol. The van der Waals surface area contributed by atoms with Crippen LogP contribution in [0.5, 0.6) is 0 Å². The number of rotatable bonds is 3. The number of nitrogens with zero attached hydrogens (tertiary/aromatic N) is 3. The van der Waals surface area contributed by atoms with E-state index in [0.29, 0.717) is 18.8 Å². The van der Waals surface area contributed by atoms with Crippen LogP contribution < -0.4 is 4.90 Å². The summed E-state index contributed by atoms with van der Waals surface area (Å²) >= 11 is 0. The van der Waals surface area contributed by atoms with Crippen LogP contribution in [0, 0.1) is 10.1 Å². The highest BCUT2D eigenvalue weighted by atomic mass is 16.6. The van der Waals surface area contributed by atoms with E-state index in [1.807, 2.05) is 13.8 Å². The lowest BCUT2D eigenvalue weighted by atomic mass is 10.1. The fraction of sp³-hybridized carbons (Fsp3) is 0.562. The summed E-state index contributed by atoms with van der Waals surface area (Å²) in [6, 6.07) is 4.75. The summed E-state index contributed by atoms with van der Waals surface area (Å²) in [7, 11) is 0. The SMILES string of the molecule is C[C@@H]1CN(CC(=O)N2CCc3ccc([N+](=O)[O-])cc32)C[C@H](C)O1. The Hall–Kier alpha value is -1.99. The molecule has 2 aliphatic rings. The highest BCUT2D eigenvalue weighted by molar-refractivity contribution is 5.97. The van der Waals surface area contributed by atoms with Crippen molar-refractivity contribution in [1.82, 2.24) is 4.90 Å². The maximum atomic E-state index is 12.6. The van der Waals surface area contributed by atoms with Gasteiger partial charge in [-0.3, -0.25) is 19.8 Å². The summed E-state index contributed by atoms with van der Waals surface area (Å²) in [6.07, 6.45) is 0.964. The molecule has 0 spiro atoms. The Morgan fingerprint density at radius 2 is 2.04 bits per heavy atom. The van der Waals surface area contributed by atoms with Gasteiger partial charge in [-0.25, -0.2) is 0 Å². The van der Waals surface area contributed by atoms with E-state index < -0.39 is 4.92 Å². The Morgan fingerprint density at radius 1 is 1.35 bits per heavy atom. The Bertz CT molecular complexity index is 624. The van der Waals surface area contributed by atoms with Gasteiger partial charge in [-0.2, -0.15) is 0 Å². The largest absolute Gasteiger partial charge is 0.373 e. The molecule has 0 N–H and O–H groups in total. The third-order valence-electron chi connectivity index (χ3n) is 4.33. The third-order valence-corrected chi connectivity index (χ3v) is 4.33. The number of amides is 1. The third kappa shape index (κ3) is 3.35. The number of benzene rings is 1. The quantitative estimate of drug-likeness (QED) is 0.625. The number of anilines is 1. The molecule has 1 fully saturated rings. The molecule has 1 aromatic rings. The zero-order valence-corrected chi connectivity index (χ0v) is 13.4. The van der Waals surface area contributed by atoms with Gasteiger partial charge in [0.15, 0.2) is 0 Å². The first-order valence-corrected chi connectivity index (χ1v) is 7.89. The molecule has 0 aliphatic carbocycles. The second-order valence-electron chi connectivity index (χ2n) is 6.32. The summed E-state index contributed by atoms with van der Waals surface area (Å²) in [4.78, 5) is 26.9. The molecule has 1 amide bonds. The van der Waals surface area contributed by atoms with Crippen LogP contribution >= 0.6 is 0 Å². The summed E-state index contributed by atoms with van der Waals surface area (Å²) in [5, 5.41) is 10.9. The van der Waals surface area contributed by atoms with Gasteiger partial charge in [-0.1, -0.05) is 6.07 Å². The molecule has 1 aromatic carbocycles. The molecule has 0 aromatic heterocycles. The zero-order chi connectivity index (χ0) is 16.6. The molecule has 124 valence electrons. The van der Waals surface area contributed by atoms with E-state index in [4.69, 9.17) is 4.74 Å². The van der Waals surface area contributed by atoms with Gasteiger partial charge < -0.3 is 9.64 Å². The fourth-order valence-electron chi connectivity index (χ4n) is 3.43. The van der Waals surface area contributed by atoms with Crippen LogP contribution in [0.1, 0.15) is 19.4 Å². The van der Waals surface area contributed by atoms with Crippen molar-refractivity contribution in [2.75, 3.05) is 31.1 Å². The molecule has 7 heteroatoms. The van der Waals surface area contributed by atoms with E-state index >= 15 is 0 Å². The van der Waals surface area contributed by atoms with Crippen LogP contribution in [-0.2, 0) is 16.0 Å². The van der Waals surface area contributed by atoms with E-state index in [9.17, 15) is 14.9 Å². The van der Waals surface area contributed by atoms with Gasteiger partial charge in [0.2, 0.25) is 5.91 Å². The van der Waals surface area contributed by atoms with Gasteiger partial charge in [0.25, 0.3) is 5.69 Å². The average Bonchev–Trinajstić information content (AvgIpc) is 2.88. The van der Waals surface area contributed by atoms with E-state index in [2.05, 4.69) is 4.90 Å². The molecule has 3 rings (SSSR count). The lowest BCUT2D eigenvalue weighted by Crippen LogP contribution is -2.49. The van der Waals surface area contributed by atoms with Crippen molar-refractivity contribution in [3.8, 4) is 0 Å². The first-order chi connectivity index (χ1) is 10.9. The van der Waals surface area contributed by atoms with Crippen LogP contribution in [0.25, 0.3) is 0 Å². The number of morpholine rings is 1. The summed E-state index contributed by atoms with van der Waals surface area (Å²) in [6.45, 7) is 6.37. The smallest absolute Gasteiger partial charge is 0.271 e. The van der Waals surface area contributed by atoms with Gasteiger partial charge >= 0.3 is 0 Å². The summed E-state index contributed by atoms with van der Waals surface area (Å²) < 4.78 is 5.68. The van der Waals surface area contributed by atoms with Gasteiger partial charge in [-0.05, 0) is 25.8 Å². The Labute approximate surface area is 135 Å². The van der Waals surface area contributed by atoms with E-state index in [0.717, 1.165) is 25.1 Å². The number of hydrogen-bond donors (Lipinski definition) is 0. The van der Waals surface area contributed by atoms with Crippen LogP contribution in [0.4, 0.5) is 11.4 Å². The van der Waals surface area contributed by atoms with Crippen molar-refractivity contribution in [3.63, 3.8) is 0 Å². The molecule has 1 saturated heterocycles. The first kappa shape index (κ1) is 15.9. The van der Waals surface area contributed by atoms with Gasteiger partial charge in [0, 0.05) is 31.8 Å². The van der Waals surface area contributed by atoms with E-state index in [1.54, 1.807) is 11.0 Å². The Morgan fingerprint density at radius 3 is 2.70 bits per heavy atom. The van der Waals surface area contributed by atoms with E-state index in [-0.39, 0.29) is 23.8 Å². The fourth-order valence-corrected chi connectivity index (χ4v) is 3.43. The van der Waals surface area contributed by atoms with Gasteiger partial charge in [0.1, 0.15) is 0 Å². The molecular weight excluding hydrogens is 298 g/mol. The minimum atomic E-state index is -0.424. The number of hydrogen-bond acceptors (Lipinski definition) is 5. The summed E-state index contributed by atoms with van der Waals surface area (Å²) in [5.74, 6) is -0.00875. The highest BCUT2D eigenvalue weighted by Crippen LogP contribution is 2.31. The molecule has 0 unspecified atom stereocenters. The molecule has 0 radical (unpaired) electrons. The van der Waals surface area contributed by atoms with E-state index in [1.165, 1.54) is 12.1 Å². The maximum absolute atomic E-state index is 12.6. The number of nitro groups is 1. The molecule has 2 heterocycles. The molecule has 2 aliphatic heterocycles. The van der Waals surface area contributed by atoms with Crippen LogP contribution in [0.3, 0.4) is 0 Å². The van der Waals surface area contributed by atoms with Gasteiger partial charge in [0.05, 0.1) is 29.4 Å². The predicted octanol–water partition coefficient (Wildman–Crippen LogP) is 1.59. The van der Waals surface area contributed by atoms with Crippen molar-refractivity contribution in [3.05, 3.63) is 33.9 Å². The van der Waals surface area contributed by atoms with Gasteiger partial charge in [-0.15, -0.1) is 0 Å². The molecule has 0 bridgehead atoms. The molecule has 2 atom stereocenters. The second-order valence-corrected chi connectivity index (χ2v) is 6.32. The van der Waals surface area contributed by atoms with Crippen LogP contribution in [0.2, 0.25) is 0 Å². The lowest BCUT2D eigenvalue weighted by Gasteiger charge is -2.35. The number of carbonyl (C=O) groups is 1. The topological polar surface area (TPSA) is 75.9 Å². The van der Waals surface area contributed by atoms with Crippen LogP contribution in [-0.4, -0.2) is 54.1 Å². The minimum Gasteiger partial charge on any atom is -0.373 e. The minimum absolute atomic E-state index is 0.00875. The average molecular weight is 319 g/mol. The normalized spacial score (nSPS) is 24.5. The van der Waals surface area contributed by atoms with Crippen molar-refractivity contribution in [2.24, 2.45) is 0 Å². The number of non-ortho nitro benzene ring substituents is 1. The highest BCUT2D eigenvalue weighted by Gasteiger charge is 2.30. The number of nitro benzene ring substituents is 1. The van der Waals surface area contributed by atoms with Crippen molar-refractivity contribution < 1.29 is 14.5 Å². The molecule has 0 saturated carbocycles. The van der Waals surface area contributed by atoms with Crippen molar-refractivity contribution >= 4 is 17.3 Å². The van der Waals surface area contributed by atoms with Crippen LogP contribution in [0.15, 0.2) is 18.2 Å². The lowest BCUT2D eigenvalue weighted by molar-refractivity contribution is -0.384. The monoisotopic (exact) mass is 319 g/mol. The molecular formula is C16H21N3O4. The summed E-state index contributed by atoms with van der Waals surface area (Å²) in [5.41, 5.74) is 1.70. The standard InChI is InChI=1S/C16H21N3O4/c1-11-8-17(9-12(2)23-11)10-16(20)18-6-5-13-3-4-14(19(21)22)7-15(13)18/h3-4,7,11-12H,5-6,8-10H2,1-2H3/t11-,12+. The molecule has 23 heavy (non-hydrogen) atoms. The van der Waals surface area contributed by atoms with Crippen molar-refractivity contribution in [1.29, 1.82) is 0 Å².